The molecule has 2 aromatic rings. The quantitative estimate of drug-likeness (QED) is 0.707. The van der Waals surface area contributed by atoms with Gasteiger partial charge in [-0.25, -0.2) is 0 Å². The Hall–Kier alpha value is -0.250. The summed E-state index contributed by atoms with van der Waals surface area (Å²) in [6.45, 7) is 0. The molecule has 0 spiro atoms. The Balaban J connectivity index is 2.25. The van der Waals surface area contributed by atoms with Crippen LogP contribution in [0.25, 0.3) is 0 Å². The Labute approximate surface area is 110 Å². The lowest BCUT2D eigenvalue weighted by Gasteiger charge is -2.03. The van der Waals surface area contributed by atoms with Crippen LogP contribution in [0.1, 0.15) is 0 Å². The van der Waals surface area contributed by atoms with Crippen LogP contribution in [0.5, 0.6) is 0 Å². The number of halogens is 2. The first kappa shape index (κ1) is 11.2. The predicted octanol–water partition coefficient (Wildman–Crippen LogP) is 5.36. The summed E-state index contributed by atoms with van der Waals surface area (Å²) in [4.78, 5) is 2.48. The molecule has 0 nitrogen and oxygen atoms in total. The van der Waals surface area contributed by atoms with E-state index in [-0.39, 0.29) is 0 Å². The third kappa shape index (κ3) is 3.37. The second-order valence-electron chi connectivity index (χ2n) is 3.02. The first-order valence-electron chi connectivity index (χ1n) is 4.43. The Morgan fingerprint density at radius 1 is 0.733 bits per heavy atom. The summed E-state index contributed by atoms with van der Waals surface area (Å²) in [6, 6.07) is 16.6. The van der Waals surface area contributed by atoms with Crippen LogP contribution >= 0.6 is 43.6 Å². The summed E-state index contributed by atoms with van der Waals surface area (Å²) in [7, 11) is 0. The summed E-state index contributed by atoms with van der Waals surface area (Å²) in [6.07, 6.45) is 0. The van der Waals surface area contributed by atoms with Crippen LogP contribution in [0.3, 0.4) is 0 Å². The maximum absolute atomic E-state index is 3.48. The summed E-state index contributed by atoms with van der Waals surface area (Å²) in [5.41, 5.74) is 0. The van der Waals surface area contributed by atoms with Crippen LogP contribution in [-0.4, -0.2) is 0 Å². The van der Waals surface area contributed by atoms with E-state index < -0.39 is 0 Å². The van der Waals surface area contributed by atoms with Crippen LogP contribution in [0, 0.1) is 0 Å². The highest BCUT2D eigenvalue weighted by Gasteiger charge is 1.99. The van der Waals surface area contributed by atoms with Gasteiger partial charge in [0.1, 0.15) is 0 Å². The molecular weight excluding hydrogens is 336 g/mol. The molecule has 0 amide bonds. The molecule has 76 valence electrons. The zero-order valence-electron chi connectivity index (χ0n) is 7.78. The number of hydrogen-bond donors (Lipinski definition) is 0. The van der Waals surface area contributed by atoms with Crippen LogP contribution in [0.2, 0.25) is 0 Å². The third-order valence-corrected chi connectivity index (χ3v) is 3.71. The molecule has 0 aliphatic rings. The molecule has 0 aliphatic carbocycles. The minimum atomic E-state index is 1.09. The maximum atomic E-state index is 3.48. The van der Waals surface area contributed by atoms with Crippen molar-refractivity contribution >= 4 is 43.6 Å². The molecule has 0 N–H and O–H groups in total. The van der Waals surface area contributed by atoms with E-state index >= 15 is 0 Å². The minimum Gasteiger partial charge on any atom is -0.0900 e. The average Bonchev–Trinajstić information content (AvgIpc) is 2.17. The molecule has 0 unspecified atom stereocenters. The molecule has 0 saturated heterocycles. The van der Waals surface area contributed by atoms with Crippen molar-refractivity contribution in [2.24, 2.45) is 0 Å². The number of benzene rings is 2. The normalized spacial score (nSPS) is 10.3. The van der Waals surface area contributed by atoms with Crippen LogP contribution < -0.4 is 0 Å². The first-order valence-corrected chi connectivity index (χ1v) is 6.83. The highest BCUT2D eigenvalue weighted by atomic mass is 79.9. The Morgan fingerprint density at radius 2 is 1.33 bits per heavy atom. The smallest absolute Gasteiger partial charge is 0.0197 e. The fourth-order valence-corrected chi connectivity index (χ4v) is 3.75. The van der Waals surface area contributed by atoms with Crippen molar-refractivity contribution in [3.8, 4) is 0 Å². The maximum Gasteiger partial charge on any atom is 0.0197 e. The lowest BCUT2D eigenvalue weighted by atomic mass is 10.4. The predicted molar refractivity (Wildman–Crippen MR) is 72.4 cm³/mol. The molecule has 0 atom stereocenters. The van der Waals surface area contributed by atoms with Gasteiger partial charge >= 0.3 is 0 Å². The average molecular weight is 344 g/mol. The van der Waals surface area contributed by atoms with Gasteiger partial charge in [0.05, 0.1) is 0 Å². The molecular formula is C12H8Br2S. The van der Waals surface area contributed by atoms with Gasteiger partial charge in [-0.15, -0.1) is 0 Å². The van der Waals surface area contributed by atoms with Gasteiger partial charge in [-0.2, -0.15) is 0 Å². The van der Waals surface area contributed by atoms with Gasteiger partial charge in [0.25, 0.3) is 0 Å². The zero-order chi connectivity index (χ0) is 10.7. The monoisotopic (exact) mass is 342 g/mol. The van der Waals surface area contributed by atoms with Crippen LogP contribution in [-0.2, 0) is 0 Å². The summed E-state index contributed by atoms with van der Waals surface area (Å²) in [5, 5.41) is 0. The summed E-state index contributed by atoms with van der Waals surface area (Å²) >= 11 is 8.72. The molecule has 3 heteroatoms. The van der Waals surface area contributed by atoms with E-state index in [0.717, 1.165) is 8.95 Å². The summed E-state index contributed by atoms with van der Waals surface area (Å²) < 4.78 is 2.19. The Bertz CT molecular complexity index is 434. The fraction of sp³-hybridized carbons (Fsp3) is 0. The molecule has 0 bridgehead atoms. The standard InChI is InChI=1S/C12H8Br2S/c13-9-6-10(14)8-12(7-9)15-11-4-2-1-3-5-11/h1-8H. The van der Waals surface area contributed by atoms with Gasteiger partial charge in [0.15, 0.2) is 0 Å². The van der Waals surface area contributed by atoms with Crippen molar-refractivity contribution in [3.05, 3.63) is 57.5 Å². The van der Waals surface area contributed by atoms with E-state index in [0.29, 0.717) is 0 Å². The van der Waals surface area contributed by atoms with E-state index in [1.807, 2.05) is 12.1 Å². The SMILES string of the molecule is Brc1cc(Br)cc(Sc2ccccc2)c1. The highest BCUT2D eigenvalue weighted by molar-refractivity contribution is 9.11. The first-order chi connectivity index (χ1) is 7.24. The minimum absolute atomic E-state index is 1.09. The largest absolute Gasteiger partial charge is 0.0900 e. The van der Waals surface area contributed by atoms with Gasteiger partial charge in [0, 0.05) is 18.7 Å². The van der Waals surface area contributed by atoms with Crippen molar-refractivity contribution in [2.45, 2.75) is 9.79 Å². The lowest BCUT2D eigenvalue weighted by Crippen LogP contribution is -1.74. The molecule has 0 fully saturated rings. The van der Waals surface area contributed by atoms with Crippen molar-refractivity contribution in [1.82, 2.24) is 0 Å². The van der Waals surface area contributed by atoms with E-state index in [9.17, 15) is 0 Å². The van der Waals surface area contributed by atoms with Crippen molar-refractivity contribution in [1.29, 1.82) is 0 Å². The van der Waals surface area contributed by atoms with Gasteiger partial charge in [-0.05, 0) is 30.3 Å². The fourth-order valence-electron chi connectivity index (χ4n) is 1.21. The van der Waals surface area contributed by atoms with E-state index in [1.54, 1.807) is 11.8 Å². The third-order valence-electron chi connectivity index (χ3n) is 1.81. The topological polar surface area (TPSA) is 0 Å². The Kier molecular flexibility index (Phi) is 3.89. The van der Waals surface area contributed by atoms with Gasteiger partial charge in [-0.3, -0.25) is 0 Å². The molecule has 2 rings (SSSR count). The molecule has 0 heterocycles. The molecule has 0 radical (unpaired) electrons. The van der Waals surface area contributed by atoms with E-state index in [2.05, 4.69) is 68.3 Å². The second-order valence-corrected chi connectivity index (χ2v) is 6.00. The molecule has 0 aromatic heterocycles. The number of hydrogen-bond acceptors (Lipinski definition) is 1. The van der Waals surface area contributed by atoms with E-state index in [4.69, 9.17) is 0 Å². The van der Waals surface area contributed by atoms with Gasteiger partial charge < -0.3 is 0 Å². The van der Waals surface area contributed by atoms with Crippen molar-refractivity contribution in [2.75, 3.05) is 0 Å². The zero-order valence-corrected chi connectivity index (χ0v) is 11.8. The van der Waals surface area contributed by atoms with Gasteiger partial charge in [0.2, 0.25) is 0 Å². The Morgan fingerprint density at radius 3 is 1.93 bits per heavy atom. The highest BCUT2D eigenvalue weighted by Crippen LogP contribution is 2.31. The molecule has 0 aliphatic heterocycles. The van der Waals surface area contributed by atoms with Gasteiger partial charge in [-0.1, -0.05) is 61.8 Å². The van der Waals surface area contributed by atoms with Crippen LogP contribution in [0.4, 0.5) is 0 Å². The van der Waals surface area contributed by atoms with E-state index in [1.165, 1.54) is 9.79 Å². The van der Waals surface area contributed by atoms with Crippen molar-refractivity contribution < 1.29 is 0 Å². The second kappa shape index (κ2) is 5.19. The summed E-state index contributed by atoms with van der Waals surface area (Å²) in [5.74, 6) is 0. The molecule has 0 saturated carbocycles. The molecule has 2 aromatic carbocycles. The number of rotatable bonds is 2. The van der Waals surface area contributed by atoms with Crippen LogP contribution in [0.15, 0.2) is 67.3 Å². The lowest BCUT2D eigenvalue weighted by molar-refractivity contribution is 1.38. The van der Waals surface area contributed by atoms with Crippen molar-refractivity contribution in [3.63, 3.8) is 0 Å². The molecule has 15 heavy (non-hydrogen) atoms.